The molecule has 0 spiro atoms. The second-order valence-corrected chi connectivity index (χ2v) is 4.85. The lowest BCUT2D eigenvalue weighted by molar-refractivity contribution is 0.0185. The molecule has 0 saturated heterocycles. The van der Waals surface area contributed by atoms with Crippen LogP contribution in [0.2, 0.25) is 5.02 Å². The number of nitriles is 1. The van der Waals surface area contributed by atoms with Gasteiger partial charge in [-0.25, -0.2) is 0 Å². The smallest absolute Gasteiger partial charge is 0.0992 e. The molecule has 1 N–H and O–H groups in total. The van der Waals surface area contributed by atoms with Crippen molar-refractivity contribution in [3.8, 4) is 6.07 Å². The molecule has 0 fully saturated rings. The quantitative estimate of drug-likeness (QED) is 0.873. The lowest BCUT2D eigenvalue weighted by atomic mass is 10.1. The molecule has 0 radical (unpaired) electrons. The van der Waals surface area contributed by atoms with Crippen LogP contribution < -0.4 is 5.32 Å². The minimum Gasteiger partial charge on any atom is -0.384 e. The Balaban J connectivity index is 2.56. The highest BCUT2D eigenvalue weighted by molar-refractivity contribution is 6.33. The van der Waals surface area contributed by atoms with E-state index in [4.69, 9.17) is 21.6 Å². The highest BCUT2D eigenvalue weighted by atomic mass is 35.5. The summed E-state index contributed by atoms with van der Waals surface area (Å²) in [6.45, 7) is 4.84. The molecular weight excluding hydrogens is 236 g/mol. The van der Waals surface area contributed by atoms with Gasteiger partial charge in [0.2, 0.25) is 0 Å². The maximum absolute atomic E-state index is 8.72. The molecule has 4 heteroatoms. The lowest BCUT2D eigenvalue weighted by Crippen LogP contribution is -2.25. The fourth-order valence-electron chi connectivity index (χ4n) is 1.33. The van der Waals surface area contributed by atoms with Crippen molar-refractivity contribution < 1.29 is 4.74 Å². The van der Waals surface area contributed by atoms with E-state index in [0.29, 0.717) is 10.6 Å². The molecule has 0 saturated carbocycles. The predicted molar refractivity (Wildman–Crippen MR) is 70.4 cm³/mol. The molecule has 0 atom stereocenters. The van der Waals surface area contributed by atoms with Crippen molar-refractivity contribution in [2.75, 3.05) is 19.0 Å². The van der Waals surface area contributed by atoms with Crippen molar-refractivity contribution >= 4 is 17.3 Å². The van der Waals surface area contributed by atoms with Crippen molar-refractivity contribution in [3.05, 3.63) is 28.8 Å². The molecule has 1 aromatic rings. The molecular formula is C13H17ClN2O. The van der Waals surface area contributed by atoms with Gasteiger partial charge in [-0.15, -0.1) is 0 Å². The monoisotopic (exact) mass is 252 g/mol. The number of ether oxygens (including phenoxy) is 1. The highest BCUT2D eigenvalue weighted by Gasteiger charge is 2.15. The fraction of sp³-hybridized carbons (Fsp3) is 0.462. The summed E-state index contributed by atoms with van der Waals surface area (Å²) in [4.78, 5) is 0. The number of benzene rings is 1. The number of methoxy groups -OCH3 is 1. The molecule has 1 aromatic carbocycles. The zero-order valence-electron chi connectivity index (χ0n) is 10.4. The van der Waals surface area contributed by atoms with Crippen molar-refractivity contribution in [2.24, 2.45) is 0 Å². The van der Waals surface area contributed by atoms with E-state index in [-0.39, 0.29) is 5.60 Å². The summed E-state index contributed by atoms with van der Waals surface area (Å²) in [6, 6.07) is 7.28. The van der Waals surface area contributed by atoms with Crippen LogP contribution in [-0.4, -0.2) is 19.3 Å². The minimum atomic E-state index is -0.147. The number of rotatable bonds is 5. The summed E-state index contributed by atoms with van der Waals surface area (Å²) < 4.78 is 5.33. The Hall–Kier alpha value is -1.24. The fourth-order valence-corrected chi connectivity index (χ4v) is 1.58. The van der Waals surface area contributed by atoms with Crippen LogP contribution in [0.4, 0.5) is 5.69 Å². The van der Waals surface area contributed by atoms with E-state index >= 15 is 0 Å². The molecule has 0 heterocycles. The Labute approximate surface area is 107 Å². The van der Waals surface area contributed by atoms with Crippen LogP contribution in [0.25, 0.3) is 0 Å². The highest BCUT2D eigenvalue weighted by Crippen LogP contribution is 2.23. The SMILES string of the molecule is COC(C)(C)CCNc1ccc(C#N)cc1Cl. The average Bonchev–Trinajstić information content (AvgIpc) is 2.31. The number of anilines is 1. The predicted octanol–water partition coefficient (Wildman–Crippen LogP) is 3.44. The number of hydrogen-bond acceptors (Lipinski definition) is 3. The van der Waals surface area contributed by atoms with E-state index < -0.39 is 0 Å². The molecule has 0 aliphatic rings. The molecule has 0 amide bonds. The Morgan fingerprint density at radius 2 is 2.18 bits per heavy atom. The van der Waals surface area contributed by atoms with Gasteiger partial charge in [0.1, 0.15) is 0 Å². The Kier molecular flexibility index (Phi) is 4.80. The lowest BCUT2D eigenvalue weighted by Gasteiger charge is -2.23. The molecule has 0 aliphatic carbocycles. The number of halogens is 1. The molecule has 0 aliphatic heterocycles. The average molecular weight is 253 g/mol. The normalized spacial score (nSPS) is 11.0. The van der Waals surface area contributed by atoms with Crippen LogP contribution in [0, 0.1) is 11.3 Å². The van der Waals surface area contributed by atoms with Gasteiger partial charge in [0.15, 0.2) is 0 Å². The van der Waals surface area contributed by atoms with Crippen molar-refractivity contribution in [3.63, 3.8) is 0 Å². The van der Waals surface area contributed by atoms with Crippen LogP contribution in [-0.2, 0) is 4.74 Å². The largest absolute Gasteiger partial charge is 0.384 e. The standard InChI is InChI=1S/C13H17ClN2O/c1-13(2,17-3)6-7-16-12-5-4-10(9-15)8-11(12)14/h4-5,8,16H,6-7H2,1-3H3. The van der Waals surface area contributed by atoms with Crippen molar-refractivity contribution in [2.45, 2.75) is 25.9 Å². The summed E-state index contributed by atoms with van der Waals surface area (Å²) in [5.41, 5.74) is 1.27. The maximum atomic E-state index is 8.72. The van der Waals surface area contributed by atoms with Crippen LogP contribution in [0.3, 0.4) is 0 Å². The van der Waals surface area contributed by atoms with E-state index in [1.165, 1.54) is 0 Å². The first-order valence-electron chi connectivity index (χ1n) is 5.47. The summed E-state index contributed by atoms with van der Waals surface area (Å²) in [7, 11) is 1.70. The molecule has 1 rings (SSSR count). The van der Waals surface area contributed by atoms with Gasteiger partial charge in [-0.05, 0) is 38.5 Å². The van der Waals surface area contributed by atoms with E-state index in [9.17, 15) is 0 Å². The second-order valence-electron chi connectivity index (χ2n) is 4.45. The second kappa shape index (κ2) is 5.90. The van der Waals surface area contributed by atoms with Gasteiger partial charge in [0.05, 0.1) is 27.9 Å². The number of nitrogens with zero attached hydrogens (tertiary/aromatic N) is 1. The summed E-state index contributed by atoms with van der Waals surface area (Å²) >= 11 is 6.05. The summed E-state index contributed by atoms with van der Waals surface area (Å²) in [5, 5.41) is 12.5. The number of hydrogen-bond donors (Lipinski definition) is 1. The van der Waals surface area contributed by atoms with Crippen LogP contribution >= 0.6 is 11.6 Å². The van der Waals surface area contributed by atoms with Crippen LogP contribution in [0.1, 0.15) is 25.8 Å². The van der Waals surface area contributed by atoms with Gasteiger partial charge in [0.25, 0.3) is 0 Å². The van der Waals surface area contributed by atoms with Gasteiger partial charge in [-0.2, -0.15) is 5.26 Å². The first-order valence-corrected chi connectivity index (χ1v) is 5.85. The van der Waals surface area contributed by atoms with Crippen LogP contribution in [0.5, 0.6) is 0 Å². The van der Waals surface area contributed by atoms with Gasteiger partial charge >= 0.3 is 0 Å². The molecule has 92 valence electrons. The van der Waals surface area contributed by atoms with E-state index in [1.807, 2.05) is 19.9 Å². The van der Waals surface area contributed by atoms with E-state index in [2.05, 4.69) is 11.4 Å². The minimum absolute atomic E-state index is 0.147. The van der Waals surface area contributed by atoms with Gasteiger partial charge in [0, 0.05) is 13.7 Å². The Morgan fingerprint density at radius 1 is 1.47 bits per heavy atom. The Bertz CT molecular complexity index is 424. The molecule has 17 heavy (non-hydrogen) atoms. The first-order chi connectivity index (χ1) is 7.98. The zero-order valence-corrected chi connectivity index (χ0v) is 11.1. The zero-order chi connectivity index (χ0) is 12.9. The third-order valence-electron chi connectivity index (χ3n) is 2.69. The first kappa shape index (κ1) is 13.8. The van der Waals surface area contributed by atoms with Gasteiger partial charge in [-0.1, -0.05) is 11.6 Å². The van der Waals surface area contributed by atoms with Crippen molar-refractivity contribution in [1.82, 2.24) is 0 Å². The number of nitrogens with one attached hydrogen (secondary N) is 1. The molecule has 0 bridgehead atoms. The van der Waals surface area contributed by atoms with Crippen LogP contribution in [0.15, 0.2) is 18.2 Å². The summed E-state index contributed by atoms with van der Waals surface area (Å²) in [5.74, 6) is 0. The molecule has 0 aromatic heterocycles. The van der Waals surface area contributed by atoms with E-state index in [1.54, 1.807) is 19.2 Å². The molecule has 3 nitrogen and oxygen atoms in total. The maximum Gasteiger partial charge on any atom is 0.0992 e. The third-order valence-corrected chi connectivity index (χ3v) is 3.01. The van der Waals surface area contributed by atoms with Gasteiger partial charge in [-0.3, -0.25) is 0 Å². The van der Waals surface area contributed by atoms with Crippen molar-refractivity contribution in [1.29, 1.82) is 5.26 Å². The topological polar surface area (TPSA) is 45.0 Å². The summed E-state index contributed by atoms with van der Waals surface area (Å²) in [6.07, 6.45) is 0.875. The molecule has 0 unspecified atom stereocenters. The Morgan fingerprint density at radius 3 is 2.71 bits per heavy atom. The van der Waals surface area contributed by atoms with Gasteiger partial charge < -0.3 is 10.1 Å². The third kappa shape index (κ3) is 4.26. The van der Waals surface area contributed by atoms with E-state index in [0.717, 1.165) is 18.7 Å².